The number of anilines is 1. The number of phenols is 1. The highest BCUT2D eigenvalue weighted by molar-refractivity contribution is 6.30. The molecule has 0 amide bonds. The van der Waals surface area contributed by atoms with E-state index in [4.69, 9.17) is 11.6 Å². The molecule has 26 heavy (non-hydrogen) atoms. The van der Waals surface area contributed by atoms with Crippen molar-refractivity contribution in [2.45, 2.75) is 6.04 Å². The molecule has 4 heteroatoms. The molecule has 0 radical (unpaired) electrons. The molecule has 128 valence electrons. The Bertz CT molecular complexity index is 1030. The monoisotopic (exact) mass is 360 g/mol. The molecule has 0 fully saturated rings. The summed E-state index contributed by atoms with van der Waals surface area (Å²) in [5.41, 5.74) is 2.77. The fourth-order valence-electron chi connectivity index (χ4n) is 3.18. The van der Waals surface area contributed by atoms with E-state index in [1.54, 1.807) is 18.5 Å². The van der Waals surface area contributed by atoms with Crippen molar-refractivity contribution >= 4 is 28.1 Å². The molecule has 0 saturated heterocycles. The third-order valence-electron chi connectivity index (χ3n) is 4.43. The van der Waals surface area contributed by atoms with E-state index in [0.29, 0.717) is 5.02 Å². The molecule has 1 unspecified atom stereocenters. The Balaban J connectivity index is 1.91. The first-order valence-corrected chi connectivity index (χ1v) is 8.73. The summed E-state index contributed by atoms with van der Waals surface area (Å²) >= 11 is 6.07. The standard InChI is InChI=1S/C22H17ClN2O/c23-17-8-5-16(6-9-17)22(25-18-11-13-24-14-12-18)21-19-4-2-1-3-15(19)7-10-20(21)26/h1-14,22,26H,(H,24,25). The Labute approximate surface area is 156 Å². The molecule has 0 spiro atoms. The van der Waals surface area contributed by atoms with Crippen molar-refractivity contribution in [1.29, 1.82) is 0 Å². The van der Waals surface area contributed by atoms with Crippen molar-refractivity contribution in [2.75, 3.05) is 5.32 Å². The van der Waals surface area contributed by atoms with E-state index < -0.39 is 0 Å². The predicted octanol–water partition coefficient (Wildman–Crippen LogP) is 5.80. The summed E-state index contributed by atoms with van der Waals surface area (Å²) in [6, 6.07) is 23.0. The van der Waals surface area contributed by atoms with Crippen LogP contribution in [0.5, 0.6) is 5.75 Å². The van der Waals surface area contributed by atoms with Crippen LogP contribution in [-0.2, 0) is 0 Å². The van der Waals surface area contributed by atoms with Gasteiger partial charge in [0.1, 0.15) is 5.75 Å². The number of phenolic OH excluding ortho intramolecular Hbond substituents is 1. The Morgan fingerprint density at radius 3 is 2.35 bits per heavy atom. The zero-order valence-electron chi connectivity index (χ0n) is 13.9. The number of hydrogen-bond acceptors (Lipinski definition) is 3. The van der Waals surface area contributed by atoms with Crippen LogP contribution >= 0.6 is 11.6 Å². The maximum Gasteiger partial charge on any atom is 0.121 e. The SMILES string of the molecule is Oc1ccc2ccccc2c1C(Nc1ccncc1)c1ccc(Cl)cc1. The Morgan fingerprint density at radius 2 is 1.58 bits per heavy atom. The van der Waals surface area contributed by atoms with Gasteiger partial charge in [0, 0.05) is 28.7 Å². The molecule has 0 aliphatic rings. The molecular weight excluding hydrogens is 344 g/mol. The maximum atomic E-state index is 10.7. The molecule has 0 saturated carbocycles. The summed E-state index contributed by atoms with van der Waals surface area (Å²) in [7, 11) is 0. The Kier molecular flexibility index (Phi) is 4.46. The molecule has 3 nitrogen and oxygen atoms in total. The van der Waals surface area contributed by atoms with E-state index in [-0.39, 0.29) is 11.8 Å². The van der Waals surface area contributed by atoms with Gasteiger partial charge in [0.2, 0.25) is 0 Å². The quantitative estimate of drug-likeness (QED) is 0.483. The lowest BCUT2D eigenvalue weighted by Crippen LogP contribution is -2.13. The van der Waals surface area contributed by atoms with Gasteiger partial charge < -0.3 is 10.4 Å². The number of hydrogen-bond donors (Lipinski definition) is 2. The highest BCUT2D eigenvalue weighted by atomic mass is 35.5. The predicted molar refractivity (Wildman–Crippen MR) is 107 cm³/mol. The second-order valence-corrected chi connectivity index (χ2v) is 6.52. The molecule has 4 aromatic rings. The molecule has 2 N–H and O–H groups in total. The summed E-state index contributed by atoms with van der Waals surface area (Å²) in [4.78, 5) is 4.07. The largest absolute Gasteiger partial charge is 0.508 e. The minimum atomic E-state index is -0.235. The van der Waals surface area contributed by atoms with Crippen molar-refractivity contribution < 1.29 is 5.11 Å². The fourth-order valence-corrected chi connectivity index (χ4v) is 3.31. The van der Waals surface area contributed by atoms with E-state index in [9.17, 15) is 5.11 Å². The van der Waals surface area contributed by atoms with Crippen molar-refractivity contribution in [3.05, 3.63) is 101 Å². The smallest absolute Gasteiger partial charge is 0.121 e. The van der Waals surface area contributed by atoms with Gasteiger partial charge in [-0.3, -0.25) is 4.98 Å². The maximum absolute atomic E-state index is 10.7. The topological polar surface area (TPSA) is 45.1 Å². The van der Waals surface area contributed by atoms with E-state index in [1.807, 2.05) is 66.7 Å². The summed E-state index contributed by atoms with van der Waals surface area (Å²) in [6.45, 7) is 0. The van der Waals surface area contributed by atoms with Gasteiger partial charge in [0.05, 0.1) is 6.04 Å². The zero-order valence-corrected chi connectivity index (χ0v) is 14.7. The van der Waals surface area contributed by atoms with Crippen molar-refractivity contribution in [1.82, 2.24) is 4.98 Å². The number of rotatable bonds is 4. The number of halogens is 1. The van der Waals surface area contributed by atoms with Crippen LogP contribution in [-0.4, -0.2) is 10.1 Å². The normalized spacial score (nSPS) is 12.0. The Morgan fingerprint density at radius 1 is 0.846 bits per heavy atom. The first-order chi connectivity index (χ1) is 12.7. The van der Waals surface area contributed by atoms with Crippen LogP contribution in [0.1, 0.15) is 17.2 Å². The molecule has 0 aliphatic carbocycles. The van der Waals surface area contributed by atoms with Gasteiger partial charge in [-0.05, 0) is 46.7 Å². The molecule has 0 bridgehead atoms. The van der Waals surface area contributed by atoms with Crippen LogP contribution in [0.2, 0.25) is 5.02 Å². The summed E-state index contributed by atoms with van der Waals surface area (Å²) < 4.78 is 0. The number of aromatic hydroxyl groups is 1. The van der Waals surface area contributed by atoms with Crippen molar-refractivity contribution in [2.24, 2.45) is 0 Å². The second-order valence-electron chi connectivity index (χ2n) is 6.08. The summed E-state index contributed by atoms with van der Waals surface area (Å²) in [5, 5.41) is 17.0. The van der Waals surface area contributed by atoms with Crippen LogP contribution < -0.4 is 5.32 Å². The number of fused-ring (bicyclic) bond motifs is 1. The van der Waals surface area contributed by atoms with Gasteiger partial charge in [-0.2, -0.15) is 0 Å². The van der Waals surface area contributed by atoms with Gasteiger partial charge in [0.25, 0.3) is 0 Å². The minimum absolute atomic E-state index is 0.235. The van der Waals surface area contributed by atoms with Gasteiger partial charge in [0.15, 0.2) is 0 Å². The Hall–Kier alpha value is -3.04. The van der Waals surface area contributed by atoms with E-state index in [1.165, 1.54) is 0 Å². The van der Waals surface area contributed by atoms with E-state index in [2.05, 4.69) is 10.3 Å². The average molecular weight is 361 g/mol. The molecular formula is C22H17ClN2O. The summed E-state index contributed by atoms with van der Waals surface area (Å²) in [5.74, 6) is 0.255. The highest BCUT2D eigenvalue weighted by Crippen LogP contribution is 2.38. The lowest BCUT2D eigenvalue weighted by molar-refractivity contribution is 0.468. The number of nitrogens with zero attached hydrogens (tertiary/aromatic N) is 1. The molecule has 0 aliphatic heterocycles. The lowest BCUT2D eigenvalue weighted by Gasteiger charge is -2.23. The van der Waals surface area contributed by atoms with Gasteiger partial charge >= 0.3 is 0 Å². The third-order valence-corrected chi connectivity index (χ3v) is 4.68. The second kappa shape index (κ2) is 7.06. The van der Waals surface area contributed by atoms with Crippen LogP contribution in [0.15, 0.2) is 85.2 Å². The molecule has 3 aromatic carbocycles. The lowest BCUT2D eigenvalue weighted by atomic mass is 9.92. The first kappa shape index (κ1) is 16.4. The van der Waals surface area contributed by atoms with Crippen molar-refractivity contribution in [3.8, 4) is 5.75 Å². The van der Waals surface area contributed by atoms with Crippen LogP contribution in [0.3, 0.4) is 0 Å². The molecule has 1 aromatic heterocycles. The van der Waals surface area contributed by atoms with E-state index in [0.717, 1.165) is 27.6 Å². The van der Waals surface area contributed by atoms with Crippen molar-refractivity contribution in [3.63, 3.8) is 0 Å². The zero-order chi connectivity index (χ0) is 17.9. The van der Waals surface area contributed by atoms with Crippen LogP contribution in [0, 0.1) is 0 Å². The van der Waals surface area contributed by atoms with Crippen LogP contribution in [0.25, 0.3) is 10.8 Å². The fraction of sp³-hybridized carbons (Fsp3) is 0.0455. The molecule has 1 atom stereocenters. The number of nitrogens with one attached hydrogen (secondary N) is 1. The molecule has 1 heterocycles. The number of benzene rings is 3. The minimum Gasteiger partial charge on any atom is -0.508 e. The average Bonchev–Trinajstić information content (AvgIpc) is 2.68. The number of aromatic nitrogens is 1. The summed E-state index contributed by atoms with van der Waals surface area (Å²) in [6.07, 6.45) is 3.48. The third kappa shape index (κ3) is 3.22. The molecule has 4 rings (SSSR count). The number of pyridine rings is 1. The van der Waals surface area contributed by atoms with Crippen LogP contribution in [0.4, 0.5) is 5.69 Å². The van der Waals surface area contributed by atoms with E-state index >= 15 is 0 Å². The highest BCUT2D eigenvalue weighted by Gasteiger charge is 2.20. The first-order valence-electron chi connectivity index (χ1n) is 8.35. The van der Waals surface area contributed by atoms with Gasteiger partial charge in [-0.25, -0.2) is 0 Å². The van der Waals surface area contributed by atoms with Gasteiger partial charge in [-0.15, -0.1) is 0 Å². The van der Waals surface area contributed by atoms with Gasteiger partial charge in [-0.1, -0.05) is 54.1 Å².